The van der Waals surface area contributed by atoms with Gasteiger partial charge in [-0.1, -0.05) is 0 Å². The van der Waals surface area contributed by atoms with Crippen molar-refractivity contribution in [2.75, 3.05) is 40.1 Å². The van der Waals surface area contributed by atoms with Gasteiger partial charge in [-0.3, -0.25) is 0 Å². The Morgan fingerprint density at radius 2 is 1.75 bits per heavy atom. The zero-order valence-electron chi connectivity index (χ0n) is 10.4. The average Bonchev–Trinajstić information content (AvgIpc) is 2.21. The predicted molar refractivity (Wildman–Crippen MR) is 59.4 cm³/mol. The lowest BCUT2D eigenvalue weighted by Crippen LogP contribution is -2.17. The minimum absolute atomic E-state index is 0.0102. The molecule has 0 atom stereocenters. The maximum absolute atomic E-state index is 11.0. The summed E-state index contributed by atoms with van der Waals surface area (Å²) in [6, 6.07) is 0. The summed E-state index contributed by atoms with van der Waals surface area (Å²) < 4.78 is 20.1. The van der Waals surface area contributed by atoms with Gasteiger partial charge in [-0.2, -0.15) is 0 Å². The minimum atomic E-state index is -0.324. The molecule has 0 aromatic carbocycles. The fourth-order valence-electron chi connectivity index (χ4n) is 0.960. The molecule has 0 fully saturated rings. The lowest BCUT2D eigenvalue weighted by molar-refractivity contribution is -0.152. The molecule has 0 aliphatic rings. The second-order valence-corrected chi connectivity index (χ2v) is 3.55. The zero-order valence-corrected chi connectivity index (χ0v) is 10.4. The first-order valence-corrected chi connectivity index (χ1v) is 5.50. The molecule has 0 radical (unpaired) electrons. The summed E-state index contributed by atoms with van der Waals surface area (Å²) in [6.07, 6.45) is 0.673. The summed E-state index contributed by atoms with van der Waals surface area (Å²) in [4.78, 5) is 11.0. The third kappa shape index (κ3) is 11.4. The molecule has 0 aliphatic heterocycles. The Morgan fingerprint density at radius 1 is 1.06 bits per heavy atom. The maximum Gasteiger partial charge on any atom is 0.332 e. The van der Waals surface area contributed by atoms with Gasteiger partial charge >= 0.3 is 5.97 Å². The monoisotopic (exact) mass is 234 g/mol. The second-order valence-electron chi connectivity index (χ2n) is 3.55. The van der Waals surface area contributed by atoms with Crippen molar-refractivity contribution in [3.63, 3.8) is 0 Å². The molecule has 0 aromatic rings. The average molecular weight is 234 g/mol. The normalized spacial score (nSPS) is 10.8. The molecule has 0 saturated heterocycles. The Morgan fingerprint density at radius 3 is 2.38 bits per heavy atom. The van der Waals surface area contributed by atoms with Gasteiger partial charge in [0.05, 0.1) is 19.3 Å². The van der Waals surface area contributed by atoms with Crippen LogP contribution in [-0.4, -0.2) is 52.2 Å². The van der Waals surface area contributed by atoms with Gasteiger partial charge in [-0.05, 0) is 20.3 Å². The predicted octanol–water partition coefficient (Wildman–Crippen LogP) is 1.01. The van der Waals surface area contributed by atoms with E-state index in [1.807, 2.05) is 13.8 Å². The third-order valence-corrected chi connectivity index (χ3v) is 1.60. The van der Waals surface area contributed by atoms with Crippen molar-refractivity contribution in [2.45, 2.75) is 26.4 Å². The van der Waals surface area contributed by atoms with E-state index in [0.717, 1.165) is 6.42 Å². The summed E-state index contributed by atoms with van der Waals surface area (Å²) in [5.74, 6) is -0.324. The lowest BCUT2D eigenvalue weighted by Gasteiger charge is -2.08. The SMILES string of the molecule is COCCOCCCOCC(=O)OC(C)C. The smallest absolute Gasteiger partial charge is 0.332 e. The van der Waals surface area contributed by atoms with Crippen LogP contribution >= 0.6 is 0 Å². The van der Waals surface area contributed by atoms with Crippen LogP contribution in [0.5, 0.6) is 0 Å². The van der Waals surface area contributed by atoms with E-state index in [9.17, 15) is 4.79 Å². The maximum atomic E-state index is 11.0. The highest BCUT2D eigenvalue weighted by atomic mass is 16.6. The van der Waals surface area contributed by atoms with Crippen LogP contribution in [0.2, 0.25) is 0 Å². The summed E-state index contributed by atoms with van der Waals surface area (Å²) in [6.45, 7) is 5.93. The second kappa shape index (κ2) is 10.9. The molecule has 5 heteroatoms. The molecule has 0 unspecified atom stereocenters. The number of esters is 1. The Kier molecular flexibility index (Phi) is 10.4. The van der Waals surface area contributed by atoms with Gasteiger partial charge in [0, 0.05) is 20.3 Å². The van der Waals surface area contributed by atoms with Gasteiger partial charge in [-0.25, -0.2) is 4.79 Å². The van der Waals surface area contributed by atoms with E-state index in [4.69, 9.17) is 18.9 Å². The Bertz CT molecular complexity index is 170. The third-order valence-electron chi connectivity index (χ3n) is 1.60. The van der Waals surface area contributed by atoms with Crippen molar-refractivity contribution >= 4 is 5.97 Å². The Hall–Kier alpha value is -0.650. The first kappa shape index (κ1) is 15.3. The number of carbonyl (C=O) groups excluding carboxylic acids is 1. The highest BCUT2D eigenvalue weighted by Crippen LogP contribution is 1.91. The van der Waals surface area contributed by atoms with Crippen molar-refractivity contribution in [1.82, 2.24) is 0 Å². The van der Waals surface area contributed by atoms with Gasteiger partial charge in [0.25, 0.3) is 0 Å². The minimum Gasteiger partial charge on any atom is -0.461 e. The number of carbonyl (C=O) groups is 1. The van der Waals surface area contributed by atoms with Crippen LogP contribution in [0.4, 0.5) is 0 Å². The van der Waals surface area contributed by atoms with Crippen LogP contribution in [0.1, 0.15) is 20.3 Å². The van der Waals surface area contributed by atoms with Crippen LogP contribution in [0.25, 0.3) is 0 Å². The van der Waals surface area contributed by atoms with E-state index in [1.165, 1.54) is 0 Å². The summed E-state index contributed by atoms with van der Waals surface area (Å²) in [5, 5.41) is 0. The molecule has 0 amide bonds. The summed E-state index contributed by atoms with van der Waals surface area (Å²) in [7, 11) is 1.63. The number of hydrogen-bond donors (Lipinski definition) is 0. The molecular weight excluding hydrogens is 212 g/mol. The molecule has 0 spiro atoms. The number of hydrogen-bond acceptors (Lipinski definition) is 5. The van der Waals surface area contributed by atoms with Gasteiger partial charge in [0.1, 0.15) is 6.61 Å². The fourth-order valence-corrected chi connectivity index (χ4v) is 0.960. The van der Waals surface area contributed by atoms with Crippen LogP contribution in [0.15, 0.2) is 0 Å². The quantitative estimate of drug-likeness (QED) is 0.417. The topological polar surface area (TPSA) is 54.0 Å². The molecule has 0 heterocycles. The van der Waals surface area contributed by atoms with Crippen molar-refractivity contribution in [2.24, 2.45) is 0 Å². The molecule has 0 rings (SSSR count). The van der Waals surface area contributed by atoms with Crippen LogP contribution in [0, 0.1) is 0 Å². The first-order valence-electron chi connectivity index (χ1n) is 5.50. The molecule has 0 aliphatic carbocycles. The van der Waals surface area contributed by atoms with E-state index in [-0.39, 0.29) is 18.7 Å². The molecule has 5 nitrogen and oxygen atoms in total. The number of methoxy groups -OCH3 is 1. The lowest BCUT2D eigenvalue weighted by atomic mass is 10.5. The molecule has 0 aromatic heterocycles. The van der Waals surface area contributed by atoms with E-state index in [1.54, 1.807) is 7.11 Å². The highest BCUT2D eigenvalue weighted by Gasteiger charge is 2.04. The van der Waals surface area contributed by atoms with E-state index < -0.39 is 0 Å². The fraction of sp³-hybridized carbons (Fsp3) is 0.909. The van der Waals surface area contributed by atoms with Crippen molar-refractivity contribution in [1.29, 1.82) is 0 Å². The van der Waals surface area contributed by atoms with Gasteiger partial charge in [-0.15, -0.1) is 0 Å². The van der Waals surface area contributed by atoms with E-state index in [0.29, 0.717) is 26.4 Å². The van der Waals surface area contributed by atoms with E-state index in [2.05, 4.69) is 0 Å². The largest absolute Gasteiger partial charge is 0.461 e. The molecule has 0 N–H and O–H groups in total. The molecular formula is C11H22O5. The van der Waals surface area contributed by atoms with Crippen molar-refractivity contribution in [3.8, 4) is 0 Å². The van der Waals surface area contributed by atoms with E-state index >= 15 is 0 Å². The number of rotatable bonds is 10. The van der Waals surface area contributed by atoms with Crippen molar-refractivity contribution in [3.05, 3.63) is 0 Å². The summed E-state index contributed by atoms with van der Waals surface area (Å²) >= 11 is 0. The van der Waals surface area contributed by atoms with Gasteiger partial charge < -0.3 is 18.9 Å². The zero-order chi connectivity index (χ0) is 12.2. The molecule has 0 bridgehead atoms. The summed E-state index contributed by atoms with van der Waals surface area (Å²) in [5.41, 5.74) is 0. The standard InChI is InChI=1S/C11H22O5/c1-10(2)16-11(12)9-15-6-4-5-14-8-7-13-3/h10H,4-9H2,1-3H3. The van der Waals surface area contributed by atoms with Gasteiger partial charge in [0.2, 0.25) is 0 Å². The molecule has 16 heavy (non-hydrogen) atoms. The van der Waals surface area contributed by atoms with Crippen LogP contribution in [-0.2, 0) is 23.7 Å². The van der Waals surface area contributed by atoms with Crippen LogP contribution in [0.3, 0.4) is 0 Å². The first-order chi connectivity index (χ1) is 7.66. The Labute approximate surface area is 97.0 Å². The number of ether oxygens (including phenoxy) is 4. The Balaban J connectivity index is 3.11. The highest BCUT2D eigenvalue weighted by molar-refractivity contribution is 5.70. The van der Waals surface area contributed by atoms with Crippen LogP contribution < -0.4 is 0 Å². The van der Waals surface area contributed by atoms with Gasteiger partial charge in [0.15, 0.2) is 0 Å². The molecule has 96 valence electrons. The van der Waals surface area contributed by atoms with Crippen molar-refractivity contribution < 1.29 is 23.7 Å². The molecule has 0 saturated carbocycles.